The van der Waals surface area contributed by atoms with Gasteiger partial charge < -0.3 is 29.3 Å². The number of nitrogens with zero attached hydrogens (tertiary/aromatic N) is 4. The van der Waals surface area contributed by atoms with Gasteiger partial charge in [-0.2, -0.15) is 18.6 Å². The zero-order chi connectivity index (χ0) is 30.2. The lowest BCUT2D eigenvalue weighted by Crippen LogP contribution is -2.43. The summed E-state index contributed by atoms with van der Waals surface area (Å²) in [6.45, 7) is 14.1. The zero-order valence-electron chi connectivity index (χ0n) is 27.3. The Kier molecular flexibility index (Phi) is 14.1. The predicted molar refractivity (Wildman–Crippen MR) is 170 cm³/mol. The largest absolute Gasteiger partial charge is 0.444 e. The Labute approximate surface area is 260 Å². The van der Waals surface area contributed by atoms with Gasteiger partial charge in [-0.25, -0.2) is 9.48 Å². The van der Waals surface area contributed by atoms with Crippen LogP contribution in [0, 0.1) is 11.3 Å². The van der Waals surface area contributed by atoms with Crippen LogP contribution in [0.25, 0.3) is 0 Å². The minimum Gasteiger partial charge on any atom is -0.444 e. The van der Waals surface area contributed by atoms with Crippen molar-refractivity contribution < 1.29 is 23.8 Å². The van der Waals surface area contributed by atoms with E-state index >= 15 is 0 Å². The zero-order valence-corrected chi connectivity index (χ0v) is 28.3. The molecule has 2 aliphatic rings. The van der Waals surface area contributed by atoms with E-state index in [-0.39, 0.29) is 49.0 Å². The van der Waals surface area contributed by atoms with Gasteiger partial charge in [0, 0.05) is 77.1 Å². The van der Waals surface area contributed by atoms with Crippen LogP contribution in [0.4, 0.5) is 4.79 Å². The minimum atomic E-state index is -0.519. The number of amides is 2. The summed E-state index contributed by atoms with van der Waals surface area (Å²) in [7, 11) is 5.53. The molecular weight excluding hydrogens is 554 g/mol. The fourth-order valence-electron chi connectivity index (χ4n) is 5.81. The van der Waals surface area contributed by atoms with Crippen LogP contribution < -0.4 is 5.32 Å². The summed E-state index contributed by atoms with van der Waals surface area (Å²) in [4.78, 5) is 29.6. The van der Waals surface area contributed by atoms with Crippen molar-refractivity contribution in [3.63, 3.8) is 0 Å². The molecule has 1 saturated carbocycles. The molecule has 1 saturated heterocycles. The van der Waals surface area contributed by atoms with E-state index in [1.165, 1.54) is 5.56 Å². The van der Waals surface area contributed by atoms with E-state index in [0.717, 1.165) is 57.2 Å². The molecule has 42 heavy (non-hydrogen) atoms. The Bertz CT molecular complexity index is 989. The highest BCUT2D eigenvalue weighted by Crippen LogP contribution is 2.47. The lowest BCUT2D eigenvalue weighted by atomic mass is 9.64. The van der Waals surface area contributed by atoms with Crippen LogP contribution in [0.1, 0.15) is 103 Å². The van der Waals surface area contributed by atoms with Gasteiger partial charge in [-0.1, -0.05) is 13.8 Å². The highest BCUT2D eigenvalue weighted by Gasteiger charge is 2.42. The topological polar surface area (TPSA) is 98.2 Å². The number of ether oxygens (including phenoxy) is 3. The van der Waals surface area contributed by atoms with Crippen LogP contribution in [0.5, 0.6) is 0 Å². The van der Waals surface area contributed by atoms with E-state index in [2.05, 4.69) is 37.3 Å². The summed E-state index contributed by atoms with van der Waals surface area (Å²) < 4.78 is 18.7. The van der Waals surface area contributed by atoms with Crippen LogP contribution in [-0.2, 0) is 25.5 Å². The van der Waals surface area contributed by atoms with Crippen LogP contribution >= 0.6 is 13.5 Å². The number of methoxy groups -OCH3 is 1. The van der Waals surface area contributed by atoms with Crippen LogP contribution in [0.15, 0.2) is 6.20 Å². The molecule has 2 fully saturated rings. The first kappa shape index (κ1) is 36.4. The Balaban J connectivity index is 0.00000616. The number of likely N-dealkylation sites (N-methyl/N-ethyl adjacent to an activating group) is 2. The maximum atomic E-state index is 13.3. The Morgan fingerprint density at radius 1 is 1.19 bits per heavy atom. The standard InChI is InChI=1S/C31H55N5O5.H2S/c1-30(2,3)41-29(38)35(7)17-16-34(6)21-24-22-36(26-12-9-10-19-40-26)33-27(24)23-13-14-31(4,5)25(20-23)28(37)32-15-11-18-39-8;/h22-23,25-26H,9-21H2,1-8H3,(H,32,37);1H2/t23-,25-,26?;/m1./s1. The predicted octanol–water partition coefficient (Wildman–Crippen LogP) is 5.06. The Morgan fingerprint density at radius 3 is 2.57 bits per heavy atom. The summed E-state index contributed by atoms with van der Waals surface area (Å²) in [6, 6.07) is 0. The first-order chi connectivity index (χ1) is 19.3. The summed E-state index contributed by atoms with van der Waals surface area (Å²) in [6.07, 6.45) is 8.54. The molecule has 1 aromatic rings. The summed E-state index contributed by atoms with van der Waals surface area (Å²) in [5, 5.41) is 8.29. The number of carbonyl (C=O) groups excluding carboxylic acids is 2. The molecule has 1 aliphatic heterocycles. The highest BCUT2D eigenvalue weighted by molar-refractivity contribution is 7.59. The molecule has 10 nitrogen and oxygen atoms in total. The fraction of sp³-hybridized carbons (Fsp3) is 0.839. The van der Waals surface area contributed by atoms with Crippen molar-refractivity contribution in [3.05, 3.63) is 17.5 Å². The minimum absolute atomic E-state index is 0. The molecule has 242 valence electrons. The van der Waals surface area contributed by atoms with Gasteiger partial charge >= 0.3 is 6.09 Å². The van der Waals surface area contributed by atoms with Crippen molar-refractivity contribution in [2.24, 2.45) is 11.3 Å². The lowest BCUT2D eigenvalue weighted by Gasteiger charge is -2.41. The second-order valence-electron chi connectivity index (χ2n) is 13.6. The van der Waals surface area contributed by atoms with E-state index in [0.29, 0.717) is 32.8 Å². The number of hydrogen-bond acceptors (Lipinski definition) is 7. The lowest BCUT2D eigenvalue weighted by molar-refractivity contribution is -0.130. The van der Waals surface area contributed by atoms with Crippen molar-refractivity contribution in [2.75, 3.05) is 54.1 Å². The fourth-order valence-corrected chi connectivity index (χ4v) is 5.81. The van der Waals surface area contributed by atoms with Crippen LogP contribution in [0.2, 0.25) is 0 Å². The summed E-state index contributed by atoms with van der Waals surface area (Å²) in [5.41, 5.74) is 1.67. The molecule has 1 unspecified atom stereocenters. The molecule has 2 amide bonds. The van der Waals surface area contributed by atoms with E-state index in [1.54, 1.807) is 19.1 Å². The van der Waals surface area contributed by atoms with Gasteiger partial charge in [-0.3, -0.25) is 4.79 Å². The monoisotopic (exact) mass is 611 g/mol. The van der Waals surface area contributed by atoms with Crippen molar-refractivity contribution in [2.45, 2.75) is 104 Å². The normalized spacial score (nSPS) is 22.4. The van der Waals surface area contributed by atoms with Crippen molar-refractivity contribution in [3.8, 4) is 0 Å². The average molecular weight is 612 g/mol. The first-order valence-corrected chi connectivity index (χ1v) is 15.4. The molecule has 0 radical (unpaired) electrons. The second kappa shape index (κ2) is 16.3. The third-order valence-electron chi connectivity index (χ3n) is 8.38. The second-order valence-corrected chi connectivity index (χ2v) is 13.6. The smallest absolute Gasteiger partial charge is 0.410 e. The molecule has 3 atom stereocenters. The molecule has 1 aliphatic carbocycles. The Hall–Kier alpha value is -1.82. The maximum Gasteiger partial charge on any atom is 0.410 e. The van der Waals surface area contributed by atoms with Gasteiger partial charge in [0.05, 0.1) is 5.69 Å². The van der Waals surface area contributed by atoms with Crippen molar-refractivity contribution in [1.29, 1.82) is 0 Å². The van der Waals surface area contributed by atoms with Crippen LogP contribution in [-0.4, -0.2) is 91.2 Å². The van der Waals surface area contributed by atoms with Gasteiger partial charge in [0.1, 0.15) is 11.8 Å². The molecule has 11 heteroatoms. The van der Waals surface area contributed by atoms with Gasteiger partial charge in [-0.05, 0) is 78.2 Å². The number of carbonyl (C=O) groups is 2. The molecule has 0 aromatic carbocycles. The molecule has 0 spiro atoms. The molecule has 1 aromatic heterocycles. The summed E-state index contributed by atoms with van der Waals surface area (Å²) >= 11 is 0. The molecule has 2 heterocycles. The number of rotatable bonds is 12. The maximum absolute atomic E-state index is 13.3. The number of nitrogens with one attached hydrogen (secondary N) is 1. The SMILES string of the molecule is COCCCNC(=O)[C@H]1C[C@H](c2nn(C3CCCCO3)cc2CN(C)CCN(C)C(=O)OC(C)(C)C)CCC1(C)C.S. The third kappa shape index (κ3) is 10.7. The highest BCUT2D eigenvalue weighted by atomic mass is 32.1. The van der Waals surface area contributed by atoms with Crippen LogP contribution in [0.3, 0.4) is 0 Å². The van der Waals surface area contributed by atoms with E-state index < -0.39 is 5.60 Å². The van der Waals surface area contributed by atoms with E-state index in [4.69, 9.17) is 19.3 Å². The Morgan fingerprint density at radius 2 is 1.93 bits per heavy atom. The van der Waals surface area contributed by atoms with Crippen molar-refractivity contribution in [1.82, 2.24) is 24.9 Å². The summed E-state index contributed by atoms with van der Waals surface area (Å²) in [5.74, 6) is 0.262. The molecule has 0 bridgehead atoms. The number of aromatic nitrogens is 2. The van der Waals surface area contributed by atoms with Gasteiger partial charge in [0.2, 0.25) is 5.91 Å². The van der Waals surface area contributed by atoms with Gasteiger partial charge in [0.25, 0.3) is 0 Å². The first-order valence-electron chi connectivity index (χ1n) is 15.4. The number of hydrogen-bond donors (Lipinski definition) is 1. The van der Waals surface area contributed by atoms with Gasteiger partial charge in [0.15, 0.2) is 0 Å². The molecule has 1 N–H and O–H groups in total. The van der Waals surface area contributed by atoms with E-state index in [1.807, 2.05) is 25.5 Å². The molecule has 3 rings (SSSR count). The average Bonchev–Trinajstić information content (AvgIpc) is 3.32. The van der Waals surface area contributed by atoms with E-state index in [9.17, 15) is 9.59 Å². The third-order valence-corrected chi connectivity index (χ3v) is 8.38. The molecular formula is C31H57N5O5S. The van der Waals surface area contributed by atoms with Crippen molar-refractivity contribution >= 4 is 25.5 Å². The quantitative estimate of drug-likeness (QED) is 0.330. The van der Waals surface area contributed by atoms with Gasteiger partial charge in [-0.15, -0.1) is 0 Å².